The van der Waals surface area contributed by atoms with Gasteiger partial charge in [0, 0.05) is 24.9 Å². The van der Waals surface area contributed by atoms with Crippen LogP contribution in [0.25, 0.3) is 0 Å². The minimum atomic E-state index is -0.579. The molecule has 1 aliphatic carbocycles. The third-order valence-corrected chi connectivity index (χ3v) is 3.89. The molecule has 0 aliphatic heterocycles. The fourth-order valence-electron chi connectivity index (χ4n) is 2.89. The van der Waals surface area contributed by atoms with E-state index < -0.39 is 6.10 Å². The fraction of sp³-hybridized carbons (Fsp3) is 0.375. The van der Waals surface area contributed by atoms with Gasteiger partial charge in [-0.3, -0.25) is 4.68 Å². The molecule has 0 saturated carbocycles. The fourth-order valence-corrected chi connectivity index (χ4v) is 2.89. The Balaban J connectivity index is 1.58. The Bertz CT molecular complexity index is 641. The highest BCUT2D eigenvalue weighted by Gasteiger charge is 2.31. The van der Waals surface area contributed by atoms with Crippen LogP contribution >= 0.6 is 0 Å². The van der Waals surface area contributed by atoms with Crippen molar-refractivity contribution in [3.8, 4) is 0 Å². The monoisotopic (exact) mass is 300 g/mol. The van der Waals surface area contributed by atoms with E-state index >= 15 is 0 Å². The normalized spacial score (nSPS) is 21.2. The van der Waals surface area contributed by atoms with Crippen molar-refractivity contribution < 1.29 is 9.90 Å². The standard InChI is InChI=1S/C16H20N4O2/c1-11(10-20-8-4-7-17-20)18-16(22)19-15-13-6-3-2-5-12(13)9-14(15)21/h2-8,11,14-15,21H,9-10H2,1H3,(H2,18,19,22)/t11?,14-,15+/m1/s1. The Morgan fingerprint density at radius 3 is 3.05 bits per heavy atom. The lowest BCUT2D eigenvalue weighted by Gasteiger charge is -2.20. The lowest BCUT2D eigenvalue weighted by Crippen LogP contribution is -2.45. The maximum atomic E-state index is 12.1. The molecule has 0 spiro atoms. The molecule has 0 saturated heterocycles. The summed E-state index contributed by atoms with van der Waals surface area (Å²) in [6.07, 6.45) is 3.56. The van der Waals surface area contributed by atoms with Crippen LogP contribution in [0.4, 0.5) is 4.79 Å². The van der Waals surface area contributed by atoms with Crippen molar-refractivity contribution >= 4 is 6.03 Å². The molecule has 3 N–H and O–H groups in total. The Morgan fingerprint density at radius 2 is 2.27 bits per heavy atom. The Kier molecular flexibility index (Phi) is 4.11. The number of fused-ring (bicyclic) bond motifs is 1. The van der Waals surface area contributed by atoms with Crippen molar-refractivity contribution in [3.05, 3.63) is 53.9 Å². The van der Waals surface area contributed by atoms with E-state index in [1.165, 1.54) is 0 Å². The van der Waals surface area contributed by atoms with Gasteiger partial charge in [-0.1, -0.05) is 24.3 Å². The van der Waals surface area contributed by atoms with Gasteiger partial charge in [0.15, 0.2) is 0 Å². The summed E-state index contributed by atoms with van der Waals surface area (Å²) in [4.78, 5) is 12.1. The molecule has 6 heteroatoms. The number of rotatable bonds is 4. The summed E-state index contributed by atoms with van der Waals surface area (Å²) in [6, 6.07) is 8.95. The Morgan fingerprint density at radius 1 is 1.45 bits per heavy atom. The zero-order valence-electron chi connectivity index (χ0n) is 12.4. The number of aliphatic hydroxyl groups excluding tert-OH is 1. The quantitative estimate of drug-likeness (QED) is 0.794. The summed E-state index contributed by atoms with van der Waals surface area (Å²) in [5.41, 5.74) is 2.08. The van der Waals surface area contributed by atoms with E-state index in [4.69, 9.17) is 0 Å². The third-order valence-electron chi connectivity index (χ3n) is 3.89. The number of hydrogen-bond acceptors (Lipinski definition) is 3. The summed E-state index contributed by atoms with van der Waals surface area (Å²) < 4.78 is 1.77. The van der Waals surface area contributed by atoms with Crippen molar-refractivity contribution in [2.24, 2.45) is 0 Å². The number of urea groups is 1. The number of benzene rings is 1. The Labute approximate surface area is 129 Å². The van der Waals surface area contributed by atoms with Crippen molar-refractivity contribution in [1.82, 2.24) is 20.4 Å². The van der Waals surface area contributed by atoms with Gasteiger partial charge in [0.25, 0.3) is 0 Å². The molecule has 2 aromatic rings. The molecular formula is C16H20N4O2. The van der Waals surface area contributed by atoms with Gasteiger partial charge in [-0.25, -0.2) is 4.79 Å². The number of carbonyl (C=O) groups excluding carboxylic acids is 1. The van der Waals surface area contributed by atoms with E-state index in [9.17, 15) is 9.90 Å². The first-order valence-electron chi connectivity index (χ1n) is 7.44. The molecule has 22 heavy (non-hydrogen) atoms. The van der Waals surface area contributed by atoms with Crippen LogP contribution in [-0.2, 0) is 13.0 Å². The molecule has 3 atom stereocenters. The predicted octanol–water partition coefficient (Wildman–Crippen LogP) is 1.23. The first kappa shape index (κ1) is 14.6. The van der Waals surface area contributed by atoms with Crippen LogP contribution in [0, 0.1) is 0 Å². The van der Waals surface area contributed by atoms with E-state index in [0.717, 1.165) is 11.1 Å². The lowest BCUT2D eigenvalue weighted by atomic mass is 10.1. The van der Waals surface area contributed by atoms with E-state index in [2.05, 4.69) is 15.7 Å². The molecule has 0 radical (unpaired) electrons. The average Bonchev–Trinajstić information content (AvgIpc) is 3.08. The summed E-state index contributed by atoms with van der Waals surface area (Å²) in [6.45, 7) is 2.52. The highest BCUT2D eigenvalue weighted by atomic mass is 16.3. The van der Waals surface area contributed by atoms with Gasteiger partial charge in [0.2, 0.25) is 0 Å². The van der Waals surface area contributed by atoms with E-state index in [0.29, 0.717) is 13.0 Å². The number of nitrogens with one attached hydrogen (secondary N) is 2. The molecule has 1 aromatic heterocycles. The first-order valence-corrected chi connectivity index (χ1v) is 7.44. The van der Waals surface area contributed by atoms with Crippen LogP contribution in [0.15, 0.2) is 42.7 Å². The van der Waals surface area contributed by atoms with Crippen LogP contribution in [-0.4, -0.2) is 33.1 Å². The SMILES string of the molecule is CC(Cn1cccn1)NC(=O)N[C@H]1c2ccccc2C[C@H]1O. The zero-order chi connectivity index (χ0) is 15.5. The number of hydrogen-bond donors (Lipinski definition) is 3. The number of amides is 2. The lowest BCUT2D eigenvalue weighted by molar-refractivity contribution is 0.141. The number of aliphatic hydroxyl groups is 1. The summed E-state index contributed by atoms with van der Waals surface area (Å²) in [5.74, 6) is 0. The molecular weight excluding hydrogens is 280 g/mol. The van der Waals surface area contributed by atoms with E-state index in [-0.39, 0.29) is 18.1 Å². The average molecular weight is 300 g/mol. The van der Waals surface area contributed by atoms with Crippen molar-refractivity contribution in [2.75, 3.05) is 0 Å². The van der Waals surface area contributed by atoms with Crippen LogP contribution in [0.2, 0.25) is 0 Å². The van der Waals surface area contributed by atoms with Crippen molar-refractivity contribution in [3.63, 3.8) is 0 Å². The van der Waals surface area contributed by atoms with Gasteiger partial charge in [-0.2, -0.15) is 5.10 Å². The minimum absolute atomic E-state index is 0.0614. The molecule has 6 nitrogen and oxygen atoms in total. The minimum Gasteiger partial charge on any atom is -0.390 e. The van der Waals surface area contributed by atoms with Gasteiger partial charge in [0.1, 0.15) is 0 Å². The smallest absolute Gasteiger partial charge is 0.315 e. The molecule has 3 rings (SSSR count). The van der Waals surface area contributed by atoms with Crippen molar-refractivity contribution in [2.45, 2.75) is 38.1 Å². The number of carbonyl (C=O) groups is 1. The predicted molar refractivity (Wildman–Crippen MR) is 82.3 cm³/mol. The van der Waals surface area contributed by atoms with Crippen LogP contribution in [0.1, 0.15) is 24.1 Å². The molecule has 1 aliphatic rings. The highest BCUT2D eigenvalue weighted by Crippen LogP contribution is 2.30. The van der Waals surface area contributed by atoms with Crippen LogP contribution in [0.3, 0.4) is 0 Å². The maximum absolute atomic E-state index is 12.1. The molecule has 0 bridgehead atoms. The second kappa shape index (κ2) is 6.19. The topological polar surface area (TPSA) is 79.2 Å². The molecule has 1 unspecified atom stereocenters. The zero-order valence-corrected chi connectivity index (χ0v) is 12.4. The van der Waals surface area contributed by atoms with Gasteiger partial charge in [0.05, 0.1) is 18.7 Å². The molecule has 1 aromatic carbocycles. The van der Waals surface area contributed by atoms with Crippen LogP contribution < -0.4 is 10.6 Å². The second-order valence-electron chi connectivity index (χ2n) is 5.69. The number of aromatic nitrogens is 2. The molecule has 116 valence electrons. The van der Waals surface area contributed by atoms with E-state index in [1.807, 2.05) is 43.5 Å². The molecule has 1 heterocycles. The van der Waals surface area contributed by atoms with Crippen molar-refractivity contribution in [1.29, 1.82) is 0 Å². The third kappa shape index (κ3) is 3.12. The largest absolute Gasteiger partial charge is 0.390 e. The summed E-state index contributed by atoms with van der Waals surface area (Å²) in [5, 5.41) is 20.0. The van der Waals surface area contributed by atoms with Gasteiger partial charge >= 0.3 is 6.03 Å². The molecule has 0 fully saturated rings. The van der Waals surface area contributed by atoms with E-state index in [1.54, 1.807) is 10.9 Å². The summed E-state index contributed by atoms with van der Waals surface area (Å²) in [7, 11) is 0. The summed E-state index contributed by atoms with van der Waals surface area (Å²) >= 11 is 0. The first-order chi connectivity index (χ1) is 10.6. The maximum Gasteiger partial charge on any atom is 0.315 e. The Hall–Kier alpha value is -2.34. The number of nitrogens with zero attached hydrogens (tertiary/aromatic N) is 2. The van der Waals surface area contributed by atoms with Gasteiger partial charge < -0.3 is 15.7 Å². The highest BCUT2D eigenvalue weighted by molar-refractivity contribution is 5.75. The molecule has 2 amide bonds. The van der Waals surface area contributed by atoms with Gasteiger partial charge in [-0.05, 0) is 24.1 Å². The second-order valence-corrected chi connectivity index (χ2v) is 5.69. The van der Waals surface area contributed by atoms with Crippen LogP contribution in [0.5, 0.6) is 0 Å². The van der Waals surface area contributed by atoms with Gasteiger partial charge in [-0.15, -0.1) is 0 Å².